The molecular weight excluding hydrogens is 323 g/mol. The zero-order chi connectivity index (χ0) is 17.5. The lowest BCUT2D eigenvalue weighted by Gasteiger charge is -2.21. The monoisotopic (exact) mass is 343 g/mol. The molecule has 4 nitrogen and oxygen atoms in total. The van der Waals surface area contributed by atoms with Crippen LogP contribution in [0.3, 0.4) is 0 Å². The second-order valence-corrected chi connectivity index (χ2v) is 6.69. The first-order valence-electron chi connectivity index (χ1n) is 8.03. The number of likely N-dealkylation sites (N-methyl/N-ethyl adjacent to an activating group) is 1. The number of amides is 1. The van der Waals surface area contributed by atoms with Crippen LogP contribution in [0, 0.1) is 11.8 Å². The van der Waals surface area contributed by atoms with Crippen molar-refractivity contribution in [1.29, 1.82) is 0 Å². The highest BCUT2D eigenvalue weighted by Crippen LogP contribution is 2.48. The molecule has 2 aliphatic rings. The molecular formula is C17H20F3NO3. The van der Waals surface area contributed by atoms with Gasteiger partial charge in [0, 0.05) is 19.5 Å². The molecule has 24 heavy (non-hydrogen) atoms. The molecule has 3 unspecified atom stereocenters. The van der Waals surface area contributed by atoms with Crippen LogP contribution in [0.15, 0.2) is 24.3 Å². The number of alkyl halides is 3. The van der Waals surface area contributed by atoms with Gasteiger partial charge in [-0.15, -0.1) is 13.2 Å². The smallest absolute Gasteiger partial charge is 0.406 e. The maximum atomic E-state index is 12.4. The van der Waals surface area contributed by atoms with E-state index in [-0.39, 0.29) is 23.5 Å². The third kappa shape index (κ3) is 4.20. The van der Waals surface area contributed by atoms with Crippen LogP contribution in [-0.4, -0.2) is 42.0 Å². The lowest BCUT2D eigenvalue weighted by atomic mass is 10.1. The van der Waals surface area contributed by atoms with E-state index >= 15 is 0 Å². The summed E-state index contributed by atoms with van der Waals surface area (Å²) in [5.74, 6) is -0.0973. The van der Waals surface area contributed by atoms with Crippen molar-refractivity contribution in [1.82, 2.24) is 4.90 Å². The molecule has 0 heterocycles. The van der Waals surface area contributed by atoms with Crippen molar-refractivity contribution in [2.45, 2.75) is 37.6 Å². The number of carbonyl (C=O) groups excluding carboxylic acids is 1. The van der Waals surface area contributed by atoms with E-state index in [2.05, 4.69) is 4.74 Å². The Bertz CT molecular complexity index is 598. The van der Waals surface area contributed by atoms with E-state index in [1.807, 2.05) is 0 Å². The van der Waals surface area contributed by atoms with Crippen LogP contribution in [0.25, 0.3) is 0 Å². The van der Waals surface area contributed by atoms with Gasteiger partial charge in [-0.1, -0.05) is 12.1 Å². The van der Waals surface area contributed by atoms with E-state index in [9.17, 15) is 23.1 Å². The molecule has 0 saturated heterocycles. The summed E-state index contributed by atoms with van der Waals surface area (Å²) in [4.78, 5) is 13.9. The quantitative estimate of drug-likeness (QED) is 0.864. The fourth-order valence-electron chi connectivity index (χ4n) is 3.04. The van der Waals surface area contributed by atoms with Crippen LogP contribution in [0.4, 0.5) is 13.2 Å². The van der Waals surface area contributed by atoms with Gasteiger partial charge in [0.25, 0.3) is 0 Å². The number of carbonyl (C=O) groups is 1. The minimum absolute atomic E-state index is 0.0182. The number of aliphatic hydroxyl groups excluding tert-OH is 1. The van der Waals surface area contributed by atoms with Gasteiger partial charge in [0.05, 0.1) is 6.10 Å². The first kappa shape index (κ1) is 17.1. The minimum Gasteiger partial charge on any atom is -0.406 e. The van der Waals surface area contributed by atoms with Gasteiger partial charge in [-0.25, -0.2) is 0 Å². The second kappa shape index (κ2) is 6.27. The molecule has 1 N–H and O–H groups in total. The molecule has 2 fully saturated rings. The van der Waals surface area contributed by atoms with Crippen LogP contribution >= 0.6 is 0 Å². The van der Waals surface area contributed by atoms with Gasteiger partial charge in [-0.3, -0.25) is 4.79 Å². The topological polar surface area (TPSA) is 49.8 Å². The summed E-state index contributed by atoms with van der Waals surface area (Å²) in [6, 6.07) is 5.67. The van der Waals surface area contributed by atoms with Crippen molar-refractivity contribution in [3.63, 3.8) is 0 Å². The summed E-state index contributed by atoms with van der Waals surface area (Å²) in [5, 5.41) is 9.92. The van der Waals surface area contributed by atoms with E-state index in [0.29, 0.717) is 18.9 Å². The lowest BCUT2D eigenvalue weighted by molar-refractivity contribution is -0.274. The van der Waals surface area contributed by atoms with E-state index in [4.69, 9.17) is 0 Å². The Morgan fingerprint density at radius 1 is 1.33 bits per heavy atom. The normalized spacial score (nSPS) is 24.4. The average Bonchev–Trinajstić information content (AvgIpc) is 3.37. The molecule has 2 aliphatic carbocycles. The molecule has 3 atom stereocenters. The molecule has 1 amide bonds. The first-order valence-corrected chi connectivity index (χ1v) is 8.03. The van der Waals surface area contributed by atoms with Crippen LogP contribution in [-0.2, 0) is 4.79 Å². The third-order valence-electron chi connectivity index (χ3n) is 4.65. The number of ether oxygens (including phenoxy) is 1. The van der Waals surface area contributed by atoms with Crippen molar-refractivity contribution in [2.24, 2.45) is 11.8 Å². The minimum atomic E-state index is -4.70. The fraction of sp³-hybridized carbons (Fsp3) is 0.588. The van der Waals surface area contributed by atoms with Crippen LogP contribution < -0.4 is 4.74 Å². The zero-order valence-corrected chi connectivity index (χ0v) is 13.3. The average molecular weight is 343 g/mol. The summed E-state index contributed by atoms with van der Waals surface area (Å²) in [6.45, 7) is 0.338. The Balaban J connectivity index is 1.53. The number of benzene rings is 1. The number of rotatable bonds is 6. The van der Waals surface area contributed by atoms with Crippen molar-refractivity contribution in [2.75, 3.05) is 13.6 Å². The molecule has 0 aromatic heterocycles. The molecule has 1 aromatic carbocycles. The van der Waals surface area contributed by atoms with Gasteiger partial charge in [0.2, 0.25) is 5.91 Å². The summed E-state index contributed by atoms with van der Waals surface area (Å²) in [5.41, 5.74) is 0.832. The first-order chi connectivity index (χ1) is 11.2. The molecule has 0 aliphatic heterocycles. The van der Waals surface area contributed by atoms with Gasteiger partial charge < -0.3 is 14.7 Å². The van der Waals surface area contributed by atoms with Crippen LogP contribution in [0.5, 0.6) is 5.75 Å². The van der Waals surface area contributed by atoms with Crippen molar-refractivity contribution < 1.29 is 27.8 Å². The van der Waals surface area contributed by atoms with E-state index in [1.54, 1.807) is 24.1 Å². The summed E-state index contributed by atoms with van der Waals surface area (Å²) in [7, 11) is 1.68. The highest BCUT2D eigenvalue weighted by atomic mass is 19.4. The predicted molar refractivity (Wildman–Crippen MR) is 80.3 cm³/mol. The molecule has 2 saturated carbocycles. The second-order valence-electron chi connectivity index (χ2n) is 6.69. The number of hydrogen-bond acceptors (Lipinski definition) is 3. The Kier molecular flexibility index (Phi) is 4.46. The Labute approximate surface area is 138 Å². The number of hydrogen-bond donors (Lipinski definition) is 1. The highest BCUT2D eigenvalue weighted by Gasteiger charge is 2.45. The van der Waals surface area contributed by atoms with Gasteiger partial charge in [-0.2, -0.15) is 0 Å². The maximum Gasteiger partial charge on any atom is 0.573 e. The van der Waals surface area contributed by atoms with Gasteiger partial charge in [0.1, 0.15) is 5.75 Å². The van der Waals surface area contributed by atoms with Crippen molar-refractivity contribution in [3.8, 4) is 5.75 Å². The van der Waals surface area contributed by atoms with Crippen LogP contribution in [0.2, 0.25) is 0 Å². The molecule has 0 spiro atoms. The molecule has 0 radical (unpaired) electrons. The predicted octanol–water partition coefficient (Wildman–Crippen LogP) is 2.92. The summed E-state index contributed by atoms with van der Waals surface area (Å²) in [6.07, 6.45) is -2.45. The Hall–Kier alpha value is -1.76. The van der Waals surface area contributed by atoms with E-state index < -0.39 is 12.5 Å². The van der Waals surface area contributed by atoms with Crippen molar-refractivity contribution >= 4 is 5.91 Å². The third-order valence-corrected chi connectivity index (χ3v) is 4.65. The lowest BCUT2D eigenvalue weighted by Crippen LogP contribution is -2.36. The number of halogens is 3. The number of aliphatic hydroxyl groups is 1. The molecule has 7 heteroatoms. The highest BCUT2D eigenvalue weighted by molar-refractivity contribution is 5.82. The van der Waals surface area contributed by atoms with Gasteiger partial charge in [0.15, 0.2) is 0 Å². The number of nitrogens with zero attached hydrogens (tertiary/aromatic N) is 1. The van der Waals surface area contributed by atoms with Gasteiger partial charge >= 0.3 is 6.36 Å². The molecule has 1 aromatic rings. The van der Waals surface area contributed by atoms with Crippen LogP contribution in [0.1, 0.15) is 30.7 Å². The molecule has 0 bridgehead atoms. The van der Waals surface area contributed by atoms with Gasteiger partial charge in [-0.05, 0) is 48.8 Å². The summed E-state index contributed by atoms with van der Waals surface area (Å²) >= 11 is 0. The molecule has 3 rings (SSSR count). The van der Waals surface area contributed by atoms with E-state index in [0.717, 1.165) is 18.4 Å². The standard InChI is InChI=1S/C17H20F3NO3/c1-21(9-15(22)11-2-3-11)16(23)14-8-13(14)10-4-6-12(7-5-10)24-17(18,19)20/h4-7,11,13-15,22H,2-3,8-9H2,1H3. The largest absolute Gasteiger partial charge is 0.573 e. The molecule has 132 valence electrons. The van der Waals surface area contributed by atoms with E-state index in [1.165, 1.54) is 12.1 Å². The maximum absolute atomic E-state index is 12.4. The Morgan fingerprint density at radius 2 is 1.96 bits per heavy atom. The Morgan fingerprint density at radius 3 is 2.50 bits per heavy atom. The summed E-state index contributed by atoms with van der Waals surface area (Å²) < 4.78 is 40.3. The SMILES string of the molecule is CN(CC(O)C1CC1)C(=O)C1CC1c1ccc(OC(F)(F)F)cc1. The van der Waals surface area contributed by atoms with Crippen molar-refractivity contribution in [3.05, 3.63) is 29.8 Å². The fourth-order valence-corrected chi connectivity index (χ4v) is 3.04. The zero-order valence-electron chi connectivity index (χ0n) is 13.3.